The van der Waals surface area contributed by atoms with Gasteiger partial charge in [-0.3, -0.25) is 0 Å². The van der Waals surface area contributed by atoms with Crippen molar-refractivity contribution in [2.75, 3.05) is 5.75 Å². The fourth-order valence-electron chi connectivity index (χ4n) is 3.10. The number of rotatable bonds is 5. The fourth-order valence-corrected chi connectivity index (χ4v) is 4.59. The molecule has 1 heterocycles. The lowest BCUT2D eigenvalue weighted by atomic mass is 9.81. The summed E-state index contributed by atoms with van der Waals surface area (Å²) in [5.74, 6) is 0.164. The predicted molar refractivity (Wildman–Crippen MR) is 106 cm³/mol. The number of benzene rings is 2. The third-order valence-electron chi connectivity index (χ3n) is 4.82. The van der Waals surface area contributed by atoms with E-state index in [1.165, 1.54) is 10.5 Å². The van der Waals surface area contributed by atoms with Crippen LogP contribution in [0.4, 0.5) is 0 Å². The van der Waals surface area contributed by atoms with Gasteiger partial charge in [0.25, 0.3) is 0 Å². The van der Waals surface area contributed by atoms with E-state index in [2.05, 4.69) is 31.2 Å². The number of carboxylic acid groups (broad SMARTS) is 1. The Bertz CT molecular complexity index is 869. The van der Waals surface area contributed by atoms with Crippen molar-refractivity contribution >= 4 is 23.4 Å². The van der Waals surface area contributed by atoms with E-state index < -0.39 is 5.97 Å². The first-order valence-corrected chi connectivity index (χ1v) is 9.53. The van der Waals surface area contributed by atoms with Gasteiger partial charge in [0, 0.05) is 10.5 Å². The van der Waals surface area contributed by atoms with Crippen molar-refractivity contribution in [1.29, 1.82) is 0 Å². The highest BCUT2D eigenvalue weighted by Gasteiger charge is 2.28. The van der Waals surface area contributed by atoms with Gasteiger partial charge in [-0.2, -0.15) is 0 Å². The molecule has 0 atom stereocenters. The monoisotopic (exact) mass is 367 g/mol. The summed E-state index contributed by atoms with van der Waals surface area (Å²) in [6, 6.07) is 12.8. The van der Waals surface area contributed by atoms with Crippen LogP contribution in [0, 0.1) is 4.91 Å². The third-order valence-corrected chi connectivity index (χ3v) is 5.89. The second-order valence-corrected chi connectivity index (χ2v) is 8.22. The van der Waals surface area contributed by atoms with Crippen molar-refractivity contribution < 1.29 is 9.90 Å². The molecule has 0 saturated heterocycles. The zero-order chi connectivity index (χ0) is 18.7. The molecule has 0 saturated carbocycles. The van der Waals surface area contributed by atoms with E-state index in [1.54, 1.807) is 30.3 Å². The molecule has 1 aliphatic rings. The SMILES string of the molecule is CC1(C)CCSc2ccc(C(=CCc3ccc(C(=O)O)cc3)N=O)cc21. The molecule has 2 aromatic rings. The molecule has 134 valence electrons. The maximum absolute atomic E-state index is 11.4. The summed E-state index contributed by atoms with van der Waals surface area (Å²) in [6.07, 6.45) is 3.43. The number of hydrogen-bond acceptors (Lipinski definition) is 4. The van der Waals surface area contributed by atoms with Crippen LogP contribution in [0.15, 0.2) is 58.6 Å². The summed E-state index contributed by atoms with van der Waals surface area (Å²) in [6.45, 7) is 4.47. The molecule has 0 unspecified atom stereocenters. The number of carbonyl (C=O) groups is 1. The minimum Gasteiger partial charge on any atom is -0.478 e. The Labute approximate surface area is 157 Å². The highest BCUT2D eigenvalue weighted by Crippen LogP contribution is 2.42. The summed E-state index contributed by atoms with van der Waals surface area (Å²) in [4.78, 5) is 23.6. The van der Waals surface area contributed by atoms with Crippen LogP contribution in [0.2, 0.25) is 0 Å². The Hall–Kier alpha value is -2.40. The van der Waals surface area contributed by atoms with E-state index in [-0.39, 0.29) is 11.0 Å². The van der Waals surface area contributed by atoms with Gasteiger partial charge in [0.1, 0.15) is 5.70 Å². The largest absolute Gasteiger partial charge is 0.478 e. The minimum absolute atomic E-state index is 0.0945. The van der Waals surface area contributed by atoms with Crippen LogP contribution in [0.3, 0.4) is 0 Å². The van der Waals surface area contributed by atoms with Gasteiger partial charge in [0.05, 0.1) is 5.56 Å². The molecule has 1 N–H and O–H groups in total. The second-order valence-electron chi connectivity index (χ2n) is 7.08. The van der Waals surface area contributed by atoms with Crippen LogP contribution in [0.1, 0.15) is 47.3 Å². The molecule has 1 aliphatic heterocycles. The molecule has 0 radical (unpaired) electrons. The maximum Gasteiger partial charge on any atom is 0.335 e. The van der Waals surface area contributed by atoms with E-state index in [0.29, 0.717) is 12.1 Å². The van der Waals surface area contributed by atoms with Crippen LogP contribution in [-0.4, -0.2) is 16.8 Å². The first-order chi connectivity index (χ1) is 12.4. The van der Waals surface area contributed by atoms with Gasteiger partial charge in [-0.15, -0.1) is 16.7 Å². The number of thioether (sulfide) groups is 1. The normalized spacial score (nSPS) is 16.0. The van der Waals surface area contributed by atoms with Crippen LogP contribution in [0.5, 0.6) is 0 Å². The van der Waals surface area contributed by atoms with Crippen molar-refractivity contribution in [3.8, 4) is 0 Å². The number of aromatic carboxylic acids is 1. The van der Waals surface area contributed by atoms with E-state index in [1.807, 2.05) is 17.8 Å². The van der Waals surface area contributed by atoms with E-state index >= 15 is 0 Å². The molecule has 0 aromatic heterocycles. The second kappa shape index (κ2) is 7.46. The Morgan fingerprint density at radius 2 is 1.88 bits per heavy atom. The molecular weight excluding hydrogens is 346 g/mol. The highest BCUT2D eigenvalue weighted by atomic mass is 32.2. The molecule has 0 spiro atoms. The smallest absolute Gasteiger partial charge is 0.335 e. The number of carboxylic acids is 1. The Morgan fingerprint density at radius 3 is 2.54 bits per heavy atom. The summed E-state index contributed by atoms with van der Waals surface area (Å²) < 4.78 is 0. The fraction of sp³-hybridized carbons (Fsp3) is 0.286. The van der Waals surface area contributed by atoms with Crippen LogP contribution in [-0.2, 0) is 11.8 Å². The number of hydrogen-bond donors (Lipinski definition) is 1. The molecule has 2 aromatic carbocycles. The van der Waals surface area contributed by atoms with Gasteiger partial charge < -0.3 is 5.11 Å². The first kappa shape index (κ1) is 18.4. The lowest BCUT2D eigenvalue weighted by Gasteiger charge is -2.32. The van der Waals surface area contributed by atoms with Gasteiger partial charge in [-0.1, -0.05) is 38.1 Å². The zero-order valence-electron chi connectivity index (χ0n) is 14.9. The average molecular weight is 367 g/mol. The average Bonchev–Trinajstić information content (AvgIpc) is 2.63. The lowest BCUT2D eigenvalue weighted by Crippen LogP contribution is -2.22. The predicted octanol–water partition coefficient (Wildman–Crippen LogP) is 5.51. The van der Waals surface area contributed by atoms with E-state index in [9.17, 15) is 9.70 Å². The molecule has 3 rings (SSSR count). The van der Waals surface area contributed by atoms with Crippen molar-refractivity contribution in [2.45, 2.75) is 37.0 Å². The highest BCUT2D eigenvalue weighted by molar-refractivity contribution is 7.99. The van der Waals surface area contributed by atoms with Crippen LogP contribution >= 0.6 is 11.8 Å². The number of allylic oxidation sites excluding steroid dienone is 1. The standard InChI is InChI=1S/C21H21NO3S/c1-21(2)11-12-26-19-10-8-16(13-17(19)21)18(22-25)9-5-14-3-6-15(7-4-14)20(23)24/h3-4,6-10,13H,5,11-12H2,1-2H3,(H,23,24). The number of nitroso groups, excluding NO2 is 1. The van der Waals surface area contributed by atoms with E-state index in [4.69, 9.17) is 5.11 Å². The number of fused-ring (bicyclic) bond motifs is 1. The third kappa shape index (κ3) is 3.88. The topological polar surface area (TPSA) is 66.7 Å². The summed E-state index contributed by atoms with van der Waals surface area (Å²) in [7, 11) is 0. The first-order valence-electron chi connectivity index (χ1n) is 8.54. The molecule has 26 heavy (non-hydrogen) atoms. The van der Waals surface area contributed by atoms with Crippen molar-refractivity contribution in [2.24, 2.45) is 5.18 Å². The summed E-state index contributed by atoms with van der Waals surface area (Å²) >= 11 is 1.86. The maximum atomic E-state index is 11.4. The Morgan fingerprint density at radius 1 is 1.19 bits per heavy atom. The number of nitrogens with zero attached hydrogens (tertiary/aromatic N) is 1. The molecule has 0 fully saturated rings. The van der Waals surface area contributed by atoms with Crippen LogP contribution < -0.4 is 0 Å². The molecule has 0 amide bonds. The summed E-state index contributed by atoms with van der Waals surface area (Å²) in [5.41, 5.74) is 3.80. The molecule has 5 heteroatoms. The Kier molecular flexibility index (Phi) is 5.28. The van der Waals surface area contributed by atoms with E-state index in [0.717, 1.165) is 23.3 Å². The summed E-state index contributed by atoms with van der Waals surface area (Å²) in [5, 5.41) is 12.2. The quantitative estimate of drug-likeness (QED) is 0.708. The zero-order valence-corrected chi connectivity index (χ0v) is 15.7. The van der Waals surface area contributed by atoms with Crippen molar-refractivity contribution in [1.82, 2.24) is 0 Å². The van der Waals surface area contributed by atoms with Gasteiger partial charge in [0.2, 0.25) is 0 Å². The van der Waals surface area contributed by atoms with Crippen molar-refractivity contribution in [3.05, 3.63) is 75.7 Å². The van der Waals surface area contributed by atoms with Gasteiger partial charge >= 0.3 is 5.97 Å². The molecule has 4 nitrogen and oxygen atoms in total. The van der Waals surface area contributed by atoms with Gasteiger partial charge in [-0.25, -0.2) is 4.79 Å². The molecule has 0 aliphatic carbocycles. The Balaban J connectivity index is 1.85. The molecule has 0 bridgehead atoms. The minimum atomic E-state index is -0.947. The van der Waals surface area contributed by atoms with Gasteiger partial charge in [-0.05, 0) is 64.6 Å². The van der Waals surface area contributed by atoms with Crippen LogP contribution in [0.25, 0.3) is 5.70 Å². The molecular formula is C21H21NO3S. The lowest BCUT2D eigenvalue weighted by molar-refractivity contribution is 0.0697. The van der Waals surface area contributed by atoms with Gasteiger partial charge in [0.15, 0.2) is 0 Å². The van der Waals surface area contributed by atoms with Crippen molar-refractivity contribution in [3.63, 3.8) is 0 Å².